The van der Waals surface area contributed by atoms with Gasteiger partial charge in [-0.25, -0.2) is 9.59 Å². The predicted molar refractivity (Wildman–Crippen MR) is 72.8 cm³/mol. The molecule has 0 fully saturated rings. The largest absolute Gasteiger partial charge is 0.478 e. The Morgan fingerprint density at radius 1 is 1.15 bits per heavy atom. The molecular formula is C14H14N2O4. The van der Waals surface area contributed by atoms with Gasteiger partial charge in [-0.05, 0) is 36.4 Å². The van der Waals surface area contributed by atoms with Crippen molar-refractivity contribution in [3.05, 3.63) is 54.0 Å². The molecule has 0 aliphatic rings. The second-order valence-electron chi connectivity index (χ2n) is 4.09. The minimum atomic E-state index is -1.00. The van der Waals surface area contributed by atoms with Crippen molar-refractivity contribution in [1.29, 1.82) is 0 Å². The topological polar surface area (TPSA) is 91.6 Å². The standard InChI is InChI=1S/C14H14N2O4/c17-13(18)10-3-5-11(6-4-10)16-14(19)15-8-7-12-2-1-9-20-12/h1-6,9H,7-8H2,(H,17,18)(H2,15,16,19). The zero-order valence-corrected chi connectivity index (χ0v) is 10.6. The first-order chi connectivity index (χ1) is 9.65. The number of anilines is 1. The van der Waals surface area contributed by atoms with E-state index < -0.39 is 5.97 Å². The van der Waals surface area contributed by atoms with E-state index in [1.165, 1.54) is 24.3 Å². The minimum Gasteiger partial charge on any atom is -0.478 e. The Bertz CT molecular complexity index is 576. The number of carboxylic acid groups (broad SMARTS) is 1. The molecule has 0 saturated carbocycles. The molecule has 0 aliphatic heterocycles. The van der Waals surface area contributed by atoms with Gasteiger partial charge in [0.1, 0.15) is 5.76 Å². The number of furan rings is 1. The number of rotatable bonds is 5. The smallest absolute Gasteiger partial charge is 0.335 e. The summed E-state index contributed by atoms with van der Waals surface area (Å²) in [7, 11) is 0. The first-order valence-corrected chi connectivity index (χ1v) is 6.06. The van der Waals surface area contributed by atoms with Gasteiger partial charge < -0.3 is 20.2 Å². The van der Waals surface area contributed by atoms with Crippen LogP contribution in [-0.4, -0.2) is 23.7 Å². The van der Waals surface area contributed by atoms with Gasteiger partial charge in [-0.3, -0.25) is 0 Å². The van der Waals surface area contributed by atoms with E-state index in [0.717, 1.165) is 5.76 Å². The van der Waals surface area contributed by atoms with Gasteiger partial charge in [0.25, 0.3) is 0 Å². The Kier molecular flexibility index (Phi) is 4.39. The number of carbonyl (C=O) groups excluding carboxylic acids is 1. The Hall–Kier alpha value is -2.76. The number of hydrogen-bond acceptors (Lipinski definition) is 3. The van der Waals surface area contributed by atoms with E-state index in [1.54, 1.807) is 12.3 Å². The van der Waals surface area contributed by atoms with Crippen molar-refractivity contribution in [3.8, 4) is 0 Å². The van der Waals surface area contributed by atoms with E-state index in [2.05, 4.69) is 10.6 Å². The molecule has 104 valence electrons. The maximum absolute atomic E-state index is 11.6. The maximum atomic E-state index is 11.6. The van der Waals surface area contributed by atoms with Crippen molar-refractivity contribution in [1.82, 2.24) is 5.32 Å². The molecule has 0 radical (unpaired) electrons. The first-order valence-electron chi connectivity index (χ1n) is 6.06. The highest BCUT2D eigenvalue weighted by molar-refractivity contribution is 5.91. The van der Waals surface area contributed by atoms with Crippen molar-refractivity contribution >= 4 is 17.7 Å². The van der Waals surface area contributed by atoms with Crippen molar-refractivity contribution < 1.29 is 19.1 Å². The third-order valence-electron chi connectivity index (χ3n) is 2.63. The molecule has 0 atom stereocenters. The number of benzene rings is 1. The molecule has 0 aliphatic carbocycles. The van der Waals surface area contributed by atoms with E-state index in [9.17, 15) is 9.59 Å². The van der Waals surface area contributed by atoms with Crippen LogP contribution in [0.4, 0.5) is 10.5 Å². The van der Waals surface area contributed by atoms with E-state index in [1.807, 2.05) is 6.07 Å². The number of nitrogens with one attached hydrogen (secondary N) is 2. The van der Waals surface area contributed by atoms with Crippen LogP contribution in [-0.2, 0) is 6.42 Å². The molecule has 0 unspecified atom stereocenters. The molecule has 0 saturated heterocycles. The summed E-state index contributed by atoms with van der Waals surface area (Å²) in [5.41, 5.74) is 0.708. The van der Waals surface area contributed by atoms with Crippen molar-refractivity contribution in [2.24, 2.45) is 0 Å². The number of amides is 2. The maximum Gasteiger partial charge on any atom is 0.335 e. The van der Waals surface area contributed by atoms with Crippen molar-refractivity contribution in [2.45, 2.75) is 6.42 Å². The van der Waals surface area contributed by atoms with Crippen LogP contribution in [0.3, 0.4) is 0 Å². The highest BCUT2D eigenvalue weighted by Crippen LogP contribution is 2.09. The fourth-order valence-corrected chi connectivity index (χ4v) is 1.63. The second kappa shape index (κ2) is 6.42. The number of carboxylic acids is 1. The summed E-state index contributed by atoms with van der Waals surface area (Å²) < 4.78 is 5.14. The van der Waals surface area contributed by atoms with Gasteiger partial charge in [0.05, 0.1) is 11.8 Å². The molecule has 2 aromatic rings. The summed E-state index contributed by atoms with van der Waals surface area (Å²) >= 11 is 0. The molecule has 0 bridgehead atoms. The Morgan fingerprint density at radius 2 is 1.90 bits per heavy atom. The lowest BCUT2D eigenvalue weighted by atomic mass is 10.2. The lowest BCUT2D eigenvalue weighted by Crippen LogP contribution is -2.30. The van der Waals surface area contributed by atoms with Crippen LogP contribution in [0, 0.1) is 0 Å². The molecule has 6 nitrogen and oxygen atoms in total. The number of carbonyl (C=O) groups is 2. The lowest BCUT2D eigenvalue weighted by Gasteiger charge is -2.07. The zero-order valence-electron chi connectivity index (χ0n) is 10.6. The number of urea groups is 1. The Balaban J connectivity index is 1.77. The van der Waals surface area contributed by atoms with Gasteiger partial charge in [0.15, 0.2) is 0 Å². The molecular weight excluding hydrogens is 260 g/mol. The first kappa shape index (κ1) is 13.7. The highest BCUT2D eigenvalue weighted by atomic mass is 16.4. The predicted octanol–water partition coefficient (Wildman–Crippen LogP) is 2.34. The SMILES string of the molecule is O=C(NCCc1ccco1)Nc1ccc(C(=O)O)cc1. The highest BCUT2D eigenvalue weighted by Gasteiger charge is 2.04. The van der Waals surface area contributed by atoms with Gasteiger partial charge in [-0.2, -0.15) is 0 Å². The lowest BCUT2D eigenvalue weighted by molar-refractivity contribution is 0.0697. The molecule has 3 N–H and O–H groups in total. The zero-order chi connectivity index (χ0) is 14.4. The second-order valence-corrected chi connectivity index (χ2v) is 4.09. The van der Waals surface area contributed by atoms with Crippen LogP contribution < -0.4 is 10.6 Å². The van der Waals surface area contributed by atoms with Crippen molar-refractivity contribution in [3.63, 3.8) is 0 Å². The molecule has 1 aromatic heterocycles. The summed E-state index contributed by atoms with van der Waals surface area (Å²) in [4.78, 5) is 22.3. The van der Waals surface area contributed by atoms with Gasteiger partial charge in [0.2, 0.25) is 0 Å². The molecule has 6 heteroatoms. The Labute approximate surface area is 115 Å². The molecule has 2 amide bonds. The van der Waals surface area contributed by atoms with Crippen LogP contribution in [0.2, 0.25) is 0 Å². The van der Waals surface area contributed by atoms with Crippen LogP contribution in [0.1, 0.15) is 16.1 Å². The molecule has 20 heavy (non-hydrogen) atoms. The molecule has 1 heterocycles. The summed E-state index contributed by atoms with van der Waals surface area (Å²) in [5, 5.41) is 14.1. The van der Waals surface area contributed by atoms with E-state index in [-0.39, 0.29) is 11.6 Å². The monoisotopic (exact) mass is 274 g/mol. The number of aromatic carboxylic acids is 1. The summed E-state index contributed by atoms with van der Waals surface area (Å²) in [6, 6.07) is 9.22. The fourth-order valence-electron chi connectivity index (χ4n) is 1.63. The third kappa shape index (κ3) is 3.88. The Morgan fingerprint density at radius 3 is 2.50 bits per heavy atom. The third-order valence-corrected chi connectivity index (χ3v) is 2.63. The number of hydrogen-bond donors (Lipinski definition) is 3. The van der Waals surface area contributed by atoms with Gasteiger partial charge in [-0.15, -0.1) is 0 Å². The van der Waals surface area contributed by atoms with Crippen LogP contribution in [0.25, 0.3) is 0 Å². The van der Waals surface area contributed by atoms with E-state index in [0.29, 0.717) is 18.7 Å². The minimum absolute atomic E-state index is 0.175. The fraction of sp³-hybridized carbons (Fsp3) is 0.143. The average Bonchev–Trinajstić information content (AvgIpc) is 2.92. The summed E-state index contributed by atoms with van der Waals surface area (Å²) in [6.45, 7) is 0.451. The van der Waals surface area contributed by atoms with Crippen molar-refractivity contribution in [2.75, 3.05) is 11.9 Å². The van der Waals surface area contributed by atoms with Crippen LogP contribution >= 0.6 is 0 Å². The van der Waals surface area contributed by atoms with Gasteiger partial charge >= 0.3 is 12.0 Å². The average molecular weight is 274 g/mol. The molecule has 1 aromatic carbocycles. The summed E-state index contributed by atoms with van der Waals surface area (Å²) in [6.07, 6.45) is 2.19. The summed E-state index contributed by atoms with van der Waals surface area (Å²) in [5.74, 6) is -0.199. The normalized spacial score (nSPS) is 10.0. The van der Waals surface area contributed by atoms with Crippen LogP contribution in [0.5, 0.6) is 0 Å². The van der Waals surface area contributed by atoms with E-state index in [4.69, 9.17) is 9.52 Å². The van der Waals surface area contributed by atoms with E-state index >= 15 is 0 Å². The molecule has 2 rings (SSSR count). The quantitative estimate of drug-likeness (QED) is 0.780. The molecule has 0 spiro atoms. The van der Waals surface area contributed by atoms with Crippen LogP contribution in [0.15, 0.2) is 47.1 Å². The van der Waals surface area contributed by atoms with Gasteiger partial charge in [0, 0.05) is 18.7 Å². The van der Waals surface area contributed by atoms with Gasteiger partial charge in [-0.1, -0.05) is 0 Å².